The lowest BCUT2D eigenvalue weighted by atomic mass is 10.4. The van der Waals surface area contributed by atoms with Gasteiger partial charge in [0.1, 0.15) is 0 Å². The molecule has 0 amide bonds. The molecule has 0 aliphatic carbocycles. The van der Waals surface area contributed by atoms with Crippen molar-refractivity contribution in [1.82, 2.24) is 0 Å². The Kier molecular flexibility index (Phi) is 5.58. The third-order valence-electron chi connectivity index (χ3n) is 0.559. The maximum absolute atomic E-state index is 5.32. The molecule has 0 radical (unpaired) electrons. The molecule has 0 saturated carbocycles. The van der Waals surface area contributed by atoms with Crippen molar-refractivity contribution >= 4 is 11.6 Å². The van der Waals surface area contributed by atoms with Crippen molar-refractivity contribution < 1.29 is 0 Å². The molecule has 0 unspecified atom stereocenters. The van der Waals surface area contributed by atoms with Crippen LogP contribution in [0.15, 0.2) is 24.8 Å². The van der Waals surface area contributed by atoms with Crippen LogP contribution in [0.3, 0.4) is 0 Å². The molecule has 0 aromatic carbocycles. The number of alkyl halides is 1. The largest absolute Gasteiger partial charge is 0.122 e. The van der Waals surface area contributed by atoms with Gasteiger partial charge in [-0.05, 0) is 6.42 Å². The van der Waals surface area contributed by atoms with Crippen LogP contribution in [0.25, 0.3) is 0 Å². The van der Waals surface area contributed by atoms with E-state index in [1.54, 1.807) is 0 Å². The molecule has 0 nitrogen and oxygen atoms in total. The summed E-state index contributed by atoms with van der Waals surface area (Å²) in [5.41, 5.74) is 0. The van der Waals surface area contributed by atoms with E-state index in [1.165, 1.54) is 0 Å². The summed E-state index contributed by atoms with van der Waals surface area (Å²) in [7, 11) is 0. The van der Waals surface area contributed by atoms with E-state index >= 15 is 0 Å². The SMILES string of the molecule is C=CCC=CCCl. The standard InChI is InChI=1S/C6H9Cl/c1-2-3-4-5-6-7/h2,4-5H,1,3,6H2. The van der Waals surface area contributed by atoms with E-state index in [4.69, 9.17) is 11.6 Å². The monoisotopic (exact) mass is 116 g/mol. The van der Waals surface area contributed by atoms with E-state index in [9.17, 15) is 0 Å². The van der Waals surface area contributed by atoms with Crippen molar-refractivity contribution in [3.05, 3.63) is 24.8 Å². The van der Waals surface area contributed by atoms with Crippen LogP contribution >= 0.6 is 11.6 Å². The quantitative estimate of drug-likeness (QED) is 0.392. The van der Waals surface area contributed by atoms with Crippen LogP contribution in [-0.4, -0.2) is 5.88 Å². The van der Waals surface area contributed by atoms with Gasteiger partial charge in [-0.1, -0.05) is 18.2 Å². The first-order valence-electron chi connectivity index (χ1n) is 2.23. The van der Waals surface area contributed by atoms with Crippen LogP contribution in [0, 0.1) is 0 Å². The molecule has 0 fully saturated rings. The second-order valence-electron chi connectivity index (χ2n) is 1.15. The Bertz CT molecular complexity index is 64.6. The Morgan fingerprint density at radius 3 is 2.57 bits per heavy atom. The lowest BCUT2D eigenvalue weighted by Crippen LogP contribution is -1.58. The molecular formula is C6H9Cl. The predicted octanol–water partition coefficient (Wildman–Crippen LogP) is 2.36. The van der Waals surface area contributed by atoms with E-state index in [2.05, 4.69) is 6.58 Å². The fourth-order valence-corrected chi connectivity index (χ4v) is 0.381. The van der Waals surface area contributed by atoms with Crippen molar-refractivity contribution in [2.75, 3.05) is 5.88 Å². The number of allylic oxidation sites excluding steroid dienone is 3. The summed E-state index contributed by atoms with van der Waals surface area (Å²) in [6.45, 7) is 3.54. The van der Waals surface area contributed by atoms with E-state index < -0.39 is 0 Å². The maximum Gasteiger partial charge on any atom is 0.0404 e. The molecule has 0 aliphatic rings. The smallest absolute Gasteiger partial charge is 0.0404 e. The van der Waals surface area contributed by atoms with Gasteiger partial charge in [0.15, 0.2) is 0 Å². The van der Waals surface area contributed by atoms with Crippen molar-refractivity contribution in [3.63, 3.8) is 0 Å². The number of rotatable bonds is 3. The average molecular weight is 117 g/mol. The van der Waals surface area contributed by atoms with Gasteiger partial charge in [-0.15, -0.1) is 18.2 Å². The van der Waals surface area contributed by atoms with Crippen molar-refractivity contribution in [1.29, 1.82) is 0 Å². The molecule has 0 aromatic rings. The third-order valence-corrected chi connectivity index (χ3v) is 0.737. The zero-order chi connectivity index (χ0) is 5.54. The second-order valence-corrected chi connectivity index (χ2v) is 1.46. The van der Waals surface area contributed by atoms with Gasteiger partial charge < -0.3 is 0 Å². The van der Waals surface area contributed by atoms with Gasteiger partial charge in [0.05, 0.1) is 0 Å². The van der Waals surface area contributed by atoms with Crippen molar-refractivity contribution in [2.24, 2.45) is 0 Å². The summed E-state index contributed by atoms with van der Waals surface area (Å²) < 4.78 is 0. The minimum Gasteiger partial charge on any atom is -0.122 e. The third kappa shape index (κ3) is 5.77. The van der Waals surface area contributed by atoms with Crippen molar-refractivity contribution in [2.45, 2.75) is 6.42 Å². The summed E-state index contributed by atoms with van der Waals surface area (Å²) in [6.07, 6.45) is 6.65. The number of hydrogen-bond acceptors (Lipinski definition) is 0. The fourth-order valence-electron chi connectivity index (χ4n) is 0.255. The lowest BCUT2D eigenvalue weighted by Gasteiger charge is -1.74. The Balaban J connectivity index is 2.92. The molecule has 0 bridgehead atoms. The van der Waals surface area contributed by atoms with Gasteiger partial charge >= 0.3 is 0 Å². The zero-order valence-corrected chi connectivity index (χ0v) is 4.99. The first-order valence-corrected chi connectivity index (χ1v) is 2.77. The Morgan fingerprint density at radius 1 is 1.43 bits per heavy atom. The molecule has 0 heterocycles. The van der Waals surface area contributed by atoms with E-state index in [-0.39, 0.29) is 0 Å². The van der Waals surface area contributed by atoms with Crippen LogP contribution in [0.5, 0.6) is 0 Å². The first kappa shape index (κ1) is 6.77. The van der Waals surface area contributed by atoms with Gasteiger partial charge in [0.25, 0.3) is 0 Å². The number of halogens is 1. The highest BCUT2D eigenvalue weighted by Gasteiger charge is 1.64. The molecule has 0 saturated heterocycles. The minimum atomic E-state index is 0.605. The highest BCUT2D eigenvalue weighted by atomic mass is 35.5. The molecule has 0 aromatic heterocycles. The topological polar surface area (TPSA) is 0 Å². The summed E-state index contributed by atoms with van der Waals surface area (Å²) in [5, 5.41) is 0. The fraction of sp³-hybridized carbons (Fsp3) is 0.333. The Labute approximate surface area is 49.5 Å². The van der Waals surface area contributed by atoms with E-state index in [0.29, 0.717) is 5.88 Å². The Hall–Kier alpha value is -0.230. The molecule has 1 heteroatoms. The van der Waals surface area contributed by atoms with E-state index in [1.807, 2.05) is 18.2 Å². The van der Waals surface area contributed by atoms with Crippen LogP contribution in [0.1, 0.15) is 6.42 Å². The van der Waals surface area contributed by atoms with Gasteiger partial charge in [-0.3, -0.25) is 0 Å². The van der Waals surface area contributed by atoms with Crippen LogP contribution < -0.4 is 0 Å². The molecule has 40 valence electrons. The van der Waals surface area contributed by atoms with Crippen molar-refractivity contribution in [3.8, 4) is 0 Å². The van der Waals surface area contributed by atoms with Gasteiger partial charge in [0.2, 0.25) is 0 Å². The highest BCUT2D eigenvalue weighted by molar-refractivity contribution is 6.18. The Morgan fingerprint density at radius 2 is 2.14 bits per heavy atom. The minimum absolute atomic E-state index is 0.605. The molecule has 0 rings (SSSR count). The van der Waals surface area contributed by atoms with Gasteiger partial charge in [0, 0.05) is 5.88 Å². The van der Waals surface area contributed by atoms with E-state index in [0.717, 1.165) is 6.42 Å². The van der Waals surface area contributed by atoms with Gasteiger partial charge in [-0.25, -0.2) is 0 Å². The summed E-state index contributed by atoms with van der Waals surface area (Å²) in [4.78, 5) is 0. The molecular weight excluding hydrogens is 108 g/mol. The summed E-state index contributed by atoms with van der Waals surface area (Å²) >= 11 is 5.32. The normalized spacial score (nSPS) is 9.86. The average Bonchev–Trinajstić information content (AvgIpc) is 1.69. The highest BCUT2D eigenvalue weighted by Crippen LogP contribution is 1.83. The van der Waals surface area contributed by atoms with Gasteiger partial charge in [-0.2, -0.15) is 0 Å². The molecule has 0 spiro atoms. The summed E-state index contributed by atoms with van der Waals surface area (Å²) in [5.74, 6) is 0.605. The van der Waals surface area contributed by atoms with Crippen LogP contribution in [0.2, 0.25) is 0 Å². The van der Waals surface area contributed by atoms with Crippen LogP contribution in [-0.2, 0) is 0 Å². The zero-order valence-electron chi connectivity index (χ0n) is 4.23. The predicted molar refractivity (Wildman–Crippen MR) is 34.7 cm³/mol. The molecule has 7 heavy (non-hydrogen) atoms. The molecule has 0 atom stereocenters. The first-order chi connectivity index (χ1) is 3.41. The lowest BCUT2D eigenvalue weighted by molar-refractivity contribution is 1.39. The van der Waals surface area contributed by atoms with Crippen LogP contribution in [0.4, 0.5) is 0 Å². The molecule has 0 N–H and O–H groups in total. The maximum atomic E-state index is 5.32. The second kappa shape index (κ2) is 5.77. The molecule has 0 aliphatic heterocycles. The number of hydrogen-bond donors (Lipinski definition) is 0. The summed E-state index contributed by atoms with van der Waals surface area (Å²) in [6, 6.07) is 0.